The molecule has 1 aromatic rings. The van der Waals surface area contributed by atoms with E-state index < -0.39 is 0 Å². The molecule has 0 aromatic heterocycles. The van der Waals surface area contributed by atoms with Crippen molar-refractivity contribution < 1.29 is 9.37 Å². The van der Waals surface area contributed by atoms with E-state index in [4.69, 9.17) is 23.8 Å². The van der Waals surface area contributed by atoms with Crippen LogP contribution in [-0.2, 0) is 4.79 Å². The van der Waals surface area contributed by atoms with Crippen LogP contribution in [0.25, 0.3) is 0 Å². The molecule has 0 bridgehead atoms. The number of rotatable bonds is 1. The molecule has 0 unspecified atom stereocenters. The minimum atomic E-state index is -0.308. The fourth-order valence-electron chi connectivity index (χ4n) is 1.33. The molecule has 0 atom stereocenters. The zero-order valence-electron chi connectivity index (χ0n) is 8.48. The second-order valence-electron chi connectivity index (χ2n) is 3.34. The predicted octanol–water partition coefficient (Wildman–Crippen LogP) is 2.30. The average Bonchev–Trinajstić information content (AvgIpc) is 2.26. The van der Waals surface area contributed by atoms with Gasteiger partial charge in [-0.3, -0.25) is 0 Å². The maximum absolute atomic E-state index is 11.7. The van der Waals surface area contributed by atoms with Crippen molar-refractivity contribution in [3.8, 4) is 0 Å². The van der Waals surface area contributed by atoms with Crippen LogP contribution >= 0.6 is 23.8 Å². The Kier molecular flexibility index (Phi) is 2.94. The fourth-order valence-corrected chi connectivity index (χ4v) is 1.66. The molecule has 1 heterocycles. The topological polar surface area (TPSA) is 32.4 Å². The minimum Gasteiger partial charge on any atom is -0.229 e. The van der Waals surface area contributed by atoms with E-state index in [2.05, 4.69) is 4.99 Å². The van der Waals surface area contributed by atoms with Crippen LogP contribution in [0.2, 0.25) is 5.02 Å². The molecule has 0 fully saturated rings. The summed E-state index contributed by atoms with van der Waals surface area (Å²) in [6.45, 7) is 1.90. The summed E-state index contributed by atoms with van der Waals surface area (Å²) >= 11 is 10.8. The molecule has 1 amide bonds. The predicted molar refractivity (Wildman–Crippen MR) is 68.3 cm³/mol. The van der Waals surface area contributed by atoms with Crippen molar-refractivity contribution in [2.75, 3.05) is 0 Å². The molecule has 5 heteroatoms. The first-order valence-corrected chi connectivity index (χ1v) is 5.39. The lowest BCUT2D eigenvalue weighted by Gasteiger charge is -2.03. The van der Waals surface area contributed by atoms with Crippen LogP contribution in [0, 0.1) is 6.92 Å². The fraction of sp³-hybridized carbons (Fsp3) is 0.0909. The Labute approximate surface area is 103 Å². The molecule has 1 aliphatic heterocycles. The molecule has 3 nitrogen and oxygen atoms in total. The smallest absolute Gasteiger partial charge is 0.229 e. The number of aliphatic imine (C=N–C) groups is 1. The number of carbonyl (C=O) groups is 1. The van der Waals surface area contributed by atoms with Gasteiger partial charge in [0.1, 0.15) is 0 Å². The van der Waals surface area contributed by atoms with Crippen molar-refractivity contribution in [3.05, 3.63) is 28.8 Å². The third kappa shape index (κ3) is 1.94. The number of benzene rings is 1. The lowest BCUT2D eigenvalue weighted by atomic mass is 10.2. The summed E-state index contributed by atoms with van der Waals surface area (Å²) in [6.07, 6.45) is 3.07. The Balaban J connectivity index is 2.49. The Morgan fingerprint density at radius 1 is 1.44 bits per heavy atom. The molecular weight excluding hydrogens is 244 g/mol. The quantitative estimate of drug-likeness (QED) is 0.567. The van der Waals surface area contributed by atoms with Gasteiger partial charge in [0.15, 0.2) is 6.21 Å². The normalized spacial score (nSPS) is 15.2. The molecule has 80 valence electrons. The summed E-state index contributed by atoms with van der Waals surface area (Å²) in [5.74, 6) is -0.308. The molecule has 16 heavy (non-hydrogen) atoms. The largest absolute Gasteiger partial charge is 0.454 e. The van der Waals surface area contributed by atoms with E-state index in [0.717, 1.165) is 5.56 Å². The van der Waals surface area contributed by atoms with Gasteiger partial charge in [-0.25, -0.2) is 9.79 Å². The van der Waals surface area contributed by atoms with Crippen LogP contribution in [0.4, 0.5) is 5.69 Å². The number of amides is 1. The maximum atomic E-state index is 11.7. The molecular formula is C11H8ClN2OS+. The van der Waals surface area contributed by atoms with E-state index in [-0.39, 0.29) is 10.9 Å². The molecule has 1 aromatic carbocycles. The van der Waals surface area contributed by atoms with Gasteiger partial charge in [-0.1, -0.05) is 17.7 Å². The van der Waals surface area contributed by atoms with Crippen molar-refractivity contribution >= 4 is 52.8 Å². The maximum Gasteiger partial charge on any atom is 0.454 e. The van der Waals surface area contributed by atoms with E-state index in [0.29, 0.717) is 10.7 Å². The van der Waals surface area contributed by atoms with Gasteiger partial charge in [0, 0.05) is 12.1 Å². The Bertz CT molecular complexity index is 549. The van der Waals surface area contributed by atoms with Crippen LogP contribution in [0.15, 0.2) is 23.2 Å². The first kappa shape index (κ1) is 11.1. The van der Waals surface area contributed by atoms with Gasteiger partial charge in [0.05, 0.1) is 11.2 Å². The lowest BCUT2D eigenvalue weighted by molar-refractivity contribution is -0.351. The number of halogens is 1. The third-order valence-corrected chi connectivity index (χ3v) is 2.93. The van der Waals surface area contributed by atoms with Gasteiger partial charge < -0.3 is 0 Å². The molecule has 1 aliphatic rings. The standard InChI is InChI=1S/C11H8ClN2OS/c1-7-2-3-8(6-9(7)12)14-5-4-13-10(16)11(14)15/h2-6H,1H3/q+1. The summed E-state index contributed by atoms with van der Waals surface area (Å²) in [4.78, 5) is 15.5. The van der Waals surface area contributed by atoms with Gasteiger partial charge in [0.25, 0.3) is 0 Å². The summed E-state index contributed by atoms with van der Waals surface area (Å²) in [5.41, 5.74) is 1.65. The average molecular weight is 252 g/mol. The van der Waals surface area contributed by atoms with E-state index in [1.165, 1.54) is 10.8 Å². The van der Waals surface area contributed by atoms with E-state index >= 15 is 0 Å². The Morgan fingerprint density at radius 3 is 2.88 bits per heavy atom. The lowest BCUT2D eigenvalue weighted by Crippen LogP contribution is -2.27. The Morgan fingerprint density at radius 2 is 2.19 bits per heavy atom. The van der Waals surface area contributed by atoms with Crippen molar-refractivity contribution in [1.82, 2.24) is 0 Å². The van der Waals surface area contributed by atoms with Crippen LogP contribution in [0.1, 0.15) is 5.56 Å². The zero-order chi connectivity index (χ0) is 11.7. The first-order chi connectivity index (χ1) is 7.59. The second-order valence-corrected chi connectivity index (χ2v) is 4.13. The Hall–Kier alpha value is -1.39. The number of thiocarbonyl (C=S) groups is 1. The van der Waals surface area contributed by atoms with Crippen molar-refractivity contribution in [2.45, 2.75) is 6.92 Å². The zero-order valence-corrected chi connectivity index (χ0v) is 10.0. The summed E-state index contributed by atoms with van der Waals surface area (Å²) in [7, 11) is 0. The van der Waals surface area contributed by atoms with Gasteiger partial charge in [0.2, 0.25) is 10.7 Å². The van der Waals surface area contributed by atoms with Crippen LogP contribution in [0.3, 0.4) is 0 Å². The molecule has 0 saturated carbocycles. The molecule has 0 N–H and O–H groups in total. The first-order valence-electron chi connectivity index (χ1n) is 4.61. The van der Waals surface area contributed by atoms with Crippen molar-refractivity contribution in [2.24, 2.45) is 4.99 Å². The van der Waals surface area contributed by atoms with Gasteiger partial charge in [-0.15, -0.1) is 4.58 Å². The summed E-state index contributed by atoms with van der Waals surface area (Å²) in [6, 6.07) is 5.40. The van der Waals surface area contributed by atoms with Crippen LogP contribution in [-0.4, -0.2) is 27.9 Å². The number of aryl methyl sites for hydroxylation is 1. The molecule has 0 radical (unpaired) electrons. The highest BCUT2D eigenvalue weighted by molar-refractivity contribution is 7.82. The van der Waals surface area contributed by atoms with Gasteiger partial charge >= 0.3 is 5.91 Å². The third-order valence-electron chi connectivity index (χ3n) is 2.24. The highest BCUT2D eigenvalue weighted by atomic mass is 35.5. The van der Waals surface area contributed by atoms with Gasteiger partial charge in [-0.2, -0.15) is 0 Å². The molecule has 0 saturated heterocycles. The summed E-state index contributed by atoms with van der Waals surface area (Å²) < 4.78 is 1.43. The van der Waals surface area contributed by atoms with E-state index in [1.807, 2.05) is 19.1 Å². The summed E-state index contributed by atoms with van der Waals surface area (Å²) in [5, 5.41) is 0.618. The second kappa shape index (κ2) is 4.23. The number of hydrogen-bond donors (Lipinski definition) is 0. The van der Waals surface area contributed by atoms with E-state index in [9.17, 15) is 4.79 Å². The number of nitrogens with zero attached hydrogens (tertiary/aromatic N) is 2. The van der Waals surface area contributed by atoms with Gasteiger partial charge in [-0.05, 0) is 24.7 Å². The minimum absolute atomic E-state index is 0.0548. The highest BCUT2D eigenvalue weighted by Crippen LogP contribution is 2.22. The number of hydrogen-bond acceptors (Lipinski definition) is 2. The van der Waals surface area contributed by atoms with Crippen LogP contribution in [0.5, 0.6) is 0 Å². The molecule has 0 spiro atoms. The van der Waals surface area contributed by atoms with E-state index in [1.54, 1.807) is 12.3 Å². The highest BCUT2D eigenvalue weighted by Gasteiger charge is 2.27. The van der Waals surface area contributed by atoms with Crippen molar-refractivity contribution in [3.63, 3.8) is 0 Å². The monoisotopic (exact) mass is 251 g/mol. The number of carbonyl (C=O) groups excluding carboxylic acids is 1. The van der Waals surface area contributed by atoms with Crippen LogP contribution < -0.4 is 0 Å². The van der Waals surface area contributed by atoms with Crippen molar-refractivity contribution in [1.29, 1.82) is 0 Å². The molecule has 2 rings (SSSR count). The SMILES string of the molecule is Cc1ccc([N+]2=CC=NC(=S)C2=O)cc1Cl. The molecule has 0 aliphatic carbocycles.